The Balaban J connectivity index is 2.99. The summed E-state index contributed by atoms with van der Waals surface area (Å²) in [4.78, 5) is 12.1. The van der Waals surface area contributed by atoms with E-state index in [4.69, 9.17) is 5.26 Å². The van der Waals surface area contributed by atoms with Gasteiger partial charge in [-0.25, -0.2) is 4.98 Å². The van der Waals surface area contributed by atoms with Crippen LogP contribution < -0.4 is 0 Å². The number of hydrogen-bond donors (Lipinski definition) is 0. The van der Waals surface area contributed by atoms with Crippen molar-refractivity contribution in [1.29, 1.82) is 5.26 Å². The monoisotopic (exact) mass is 162 g/mol. The van der Waals surface area contributed by atoms with E-state index in [0.717, 1.165) is 0 Å². The zero-order chi connectivity index (χ0) is 8.81. The molecule has 1 rings (SSSR count). The van der Waals surface area contributed by atoms with Gasteiger partial charge in [-0.2, -0.15) is 5.26 Å². The molecule has 1 heterocycles. The van der Waals surface area contributed by atoms with Crippen LogP contribution in [0.25, 0.3) is 0 Å². The van der Waals surface area contributed by atoms with Crippen molar-refractivity contribution in [2.75, 3.05) is 7.11 Å². The summed E-state index contributed by atoms with van der Waals surface area (Å²) in [5.41, 5.74) is 0.639. The molecule has 0 saturated carbocycles. The molecule has 1 aromatic heterocycles. The van der Waals surface area contributed by atoms with Gasteiger partial charge in [0.05, 0.1) is 6.21 Å². The van der Waals surface area contributed by atoms with Crippen LogP contribution >= 0.6 is 0 Å². The number of oxime groups is 1. The van der Waals surface area contributed by atoms with Crippen LogP contribution in [0.3, 0.4) is 0 Å². The van der Waals surface area contributed by atoms with E-state index < -0.39 is 0 Å². The number of nitrogens with zero attached hydrogens (tertiary/aromatic N) is 4. The van der Waals surface area contributed by atoms with Crippen molar-refractivity contribution in [3.63, 3.8) is 0 Å². The molecule has 0 radical (unpaired) electrons. The Labute approximate surface area is 69.3 Å². The van der Waals surface area contributed by atoms with Crippen molar-refractivity contribution in [2.24, 2.45) is 5.16 Å². The third kappa shape index (κ3) is 1.76. The molecule has 0 aliphatic rings. The van der Waals surface area contributed by atoms with Gasteiger partial charge < -0.3 is 4.84 Å². The molecule has 0 aliphatic heterocycles. The predicted molar refractivity (Wildman–Crippen MR) is 41.4 cm³/mol. The summed E-state index contributed by atoms with van der Waals surface area (Å²) >= 11 is 0. The quantitative estimate of drug-likeness (QED) is 0.464. The fourth-order valence-corrected chi connectivity index (χ4v) is 0.632. The summed E-state index contributed by atoms with van der Waals surface area (Å²) in [7, 11) is 1.42. The van der Waals surface area contributed by atoms with Gasteiger partial charge >= 0.3 is 0 Å². The van der Waals surface area contributed by atoms with Gasteiger partial charge in [0, 0.05) is 12.4 Å². The molecule has 5 heteroatoms. The first-order valence-electron chi connectivity index (χ1n) is 3.16. The average Bonchev–Trinajstić information content (AvgIpc) is 2.15. The molecule has 0 spiro atoms. The standard InChI is InChI=1S/C7H6N4O/c1-12-11-5-7-6(4-8)9-2-3-10-7/h2-3,5H,1H3. The average molecular weight is 162 g/mol. The van der Waals surface area contributed by atoms with Gasteiger partial charge in [0.15, 0.2) is 5.69 Å². The molecular formula is C7H6N4O. The normalized spacial score (nSPS) is 9.67. The third-order valence-electron chi connectivity index (χ3n) is 1.11. The molecule has 0 aliphatic carbocycles. The third-order valence-corrected chi connectivity index (χ3v) is 1.11. The molecule has 0 bridgehead atoms. The van der Waals surface area contributed by atoms with Crippen LogP contribution in [0.4, 0.5) is 0 Å². The maximum absolute atomic E-state index is 8.56. The molecule has 0 aromatic carbocycles. The zero-order valence-electron chi connectivity index (χ0n) is 6.43. The van der Waals surface area contributed by atoms with Gasteiger partial charge in [-0.1, -0.05) is 5.16 Å². The Morgan fingerprint density at radius 2 is 2.33 bits per heavy atom. The molecule has 0 atom stereocenters. The van der Waals surface area contributed by atoms with Gasteiger partial charge in [-0.3, -0.25) is 4.98 Å². The summed E-state index contributed by atoms with van der Waals surface area (Å²) in [6.45, 7) is 0. The molecule has 0 N–H and O–H groups in total. The number of aromatic nitrogens is 2. The van der Waals surface area contributed by atoms with Crippen molar-refractivity contribution in [1.82, 2.24) is 9.97 Å². The first-order valence-corrected chi connectivity index (χ1v) is 3.16. The van der Waals surface area contributed by atoms with E-state index in [2.05, 4.69) is 20.0 Å². The number of rotatable bonds is 2. The van der Waals surface area contributed by atoms with Gasteiger partial charge in [0.2, 0.25) is 0 Å². The second-order valence-corrected chi connectivity index (χ2v) is 1.82. The maximum atomic E-state index is 8.56. The highest BCUT2D eigenvalue weighted by Crippen LogP contribution is 1.95. The summed E-state index contributed by atoms with van der Waals surface area (Å²) in [6, 6.07) is 1.88. The molecule has 0 saturated heterocycles. The molecule has 12 heavy (non-hydrogen) atoms. The van der Waals surface area contributed by atoms with Crippen molar-refractivity contribution in [3.8, 4) is 6.07 Å². The van der Waals surface area contributed by atoms with Crippen LogP contribution in [0.5, 0.6) is 0 Å². The summed E-state index contributed by atoms with van der Waals surface area (Å²) in [5, 5.41) is 12.0. The van der Waals surface area contributed by atoms with Gasteiger partial charge in [0.1, 0.15) is 18.9 Å². The SMILES string of the molecule is CON=Cc1nccnc1C#N. The highest BCUT2D eigenvalue weighted by Gasteiger charge is 1.99. The largest absolute Gasteiger partial charge is 0.399 e. The van der Waals surface area contributed by atoms with E-state index in [-0.39, 0.29) is 5.69 Å². The molecule has 5 nitrogen and oxygen atoms in total. The Hall–Kier alpha value is -1.96. The summed E-state index contributed by atoms with van der Waals surface area (Å²) < 4.78 is 0. The second-order valence-electron chi connectivity index (χ2n) is 1.82. The van der Waals surface area contributed by atoms with Crippen LogP contribution in [0.2, 0.25) is 0 Å². The maximum Gasteiger partial charge on any atom is 0.167 e. The molecule has 0 unspecified atom stereocenters. The Morgan fingerprint density at radius 1 is 1.58 bits per heavy atom. The first kappa shape index (κ1) is 8.14. The Kier molecular flexibility index (Phi) is 2.73. The van der Waals surface area contributed by atoms with Crippen LogP contribution in [-0.4, -0.2) is 23.3 Å². The lowest BCUT2D eigenvalue weighted by Crippen LogP contribution is -1.95. The minimum Gasteiger partial charge on any atom is -0.399 e. The summed E-state index contributed by atoms with van der Waals surface area (Å²) in [6.07, 6.45) is 4.27. The van der Waals surface area contributed by atoms with Crippen molar-refractivity contribution < 1.29 is 4.84 Å². The minimum atomic E-state index is 0.235. The van der Waals surface area contributed by atoms with Crippen LogP contribution in [0, 0.1) is 11.3 Å². The van der Waals surface area contributed by atoms with E-state index in [1.54, 1.807) is 0 Å². The molecule has 0 amide bonds. The highest BCUT2D eigenvalue weighted by atomic mass is 16.6. The van der Waals surface area contributed by atoms with E-state index >= 15 is 0 Å². The minimum absolute atomic E-state index is 0.235. The zero-order valence-corrected chi connectivity index (χ0v) is 6.43. The highest BCUT2D eigenvalue weighted by molar-refractivity contribution is 5.79. The lowest BCUT2D eigenvalue weighted by atomic mass is 10.3. The Morgan fingerprint density at radius 3 is 3.00 bits per heavy atom. The topological polar surface area (TPSA) is 71.2 Å². The fourth-order valence-electron chi connectivity index (χ4n) is 0.632. The van der Waals surface area contributed by atoms with Gasteiger partial charge in [-0.05, 0) is 0 Å². The van der Waals surface area contributed by atoms with Gasteiger partial charge in [0.25, 0.3) is 0 Å². The van der Waals surface area contributed by atoms with Crippen LogP contribution in [0.15, 0.2) is 17.5 Å². The smallest absolute Gasteiger partial charge is 0.167 e. The van der Waals surface area contributed by atoms with Gasteiger partial charge in [-0.15, -0.1) is 0 Å². The predicted octanol–water partition coefficient (Wildman–Crippen LogP) is 0.329. The van der Waals surface area contributed by atoms with Crippen molar-refractivity contribution in [3.05, 3.63) is 23.8 Å². The van der Waals surface area contributed by atoms with Crippen molar-refractivity contribution in [2.45, 2.75) is 0 Å². The van der Waals surface area contributed by atoms with Crippen LogP contribution in [0.1, 0.15) is 11.4 Å². The first-order chi connectivity index (χ1) is 5.88. The van der Waals surface area contributed by atoms with Crippen LogP contribution in [-0.2, 0) is 4.84 Å². The molecule has 60 valence electrons. The lowest BCUT2D eigenvalue weighted by molar-refractivity contribution is 0.215. The lowest BCUT2D eigenvalue weighted by Gasteiger charge is -1.91. The number of nitriles is 1. The number of hydrogen-bond acceptors (Lipinski definition) is 5. The molecule has 0 fully saturated rings. The molecular weight excluding hydrogens is 156 g/mol. The summed E-state index contributed by atoms with van der Waals surface area (Å²) in [5.74, 6) is 0. The Bertz CT molecular complexity index is 328. The second kappa shape index (κ2) is 4.03. The van der Waals surface area contributed by atoms with E-state index in [9.17, 15) is 0 Å². The van der Waals surface area contributed by atoms with E-state index in [0.29, 0.717) is 5.69 Å². The van der Waals surface area contributed by atoms with E-state index in [1.165, 1.54) is 25.7 Å². The van der Waals surface area contributed by atoms with E-state index in [1.807, 2.05) is 6.07 Å². The molecule has 1 aromatic rings. The van der Waals surface area contributed by atoms with Crippen molar-refractivity contribution >= 4 is 6.21 Å². The fraction of sp³-hybridized carbons (Fsp3) is 0.143.